The van der Waals surface area contributed by atoms with Crippen LogP contribution in [0.15, 0.2) is 30.3 Å². The van der Waals surface area contributed by atoms with Gasteiger partial charge < -0.3 is 14.9 Å². The van der Waals surface area contributed by atoms with Crippen molar-refractivity contribution >= 4 is 0 Å². The van der Waals surface area contributed by atoms with Crippen LogP contribution in [-0.2, 0) is 11.3 Å². The Morgan fingerprint density at radius 3 is 2.42 bits per heavy atom. The van der Waals surface area contributed by atoms with Crippen LogP contribution in [0.1, 0.15) is 18.4 Å². The molecule has 19 heavy (non-hydrogen) atoms. The van der Waals surface area contributed by atoms with Crippen LogP contribution in [0.4, 0.5) is 0 Å². The van der Waals surface area contributed by atoms with Gasteiger partial charge in [0.1, 0.15) is 0 Å². The number of likely N-dealkylation sites (tertiary alicyclic amines) is 1. The number of benzene rings is 1. The van der Waals surface area contributed by atoms with Crippen LogP contribution in [0.2, 0.25) is 0 Å². The molecule has 1 aromatic carbocycles. The molecule has 0 saturated carbocycles. The quantitative estimate of drug-likeness (QED) is 0.723. The van der Waals surface area contributed by atoms with Crippen molar-refractivity contribution < 1.29 is 14.9 Å². The molecule has 2 atom stereocenters. The number of nitrogens with zero attached hydrogens (tertiary/aromatic N) is 1. The summed E-state index contributed by atoms with van der Waals surface area (Å²) < 4.78 is 5.61. The van der Waals surface area contributed by atoms with E-state index in [4.69, 9.17) is 4.74 Å². The van der Waals surface area contributed by atoms with Crippen molar-refractivity contribution in [2.45, 2.75) is 31.7 Å². The fraction of sp³-hybridized carbons (Fsp3) is 0.600. The van der Waals surface area contributed by atoms with E-state index < -0.39 is 12.2 Å². The number of unbranched alkanes of at least 4 members (excludes halogenated alkanes) is 1. The van der Waals surface area contributed by atoms with Crippen LogP contribution in [0.5, 0.6) is 0 Å². The molecule has 1 saturated heterocycles. The van der Waals surface area contributed by atoms with Gasteiger partial charge in [0.25, 0.3) is 0 Å². The summed E-state index contributed by atoms with van der Waals surface area (Å²) in [6, 6.07) is 10.2. The number of hydrogen-bond donors (Lipinski definition) is 2. The first kappa shape index (κ1) is 14.5. The maximum Gasteiger partial charge on any atom is 0.0938 e. The van der Waals surface area contributed by atoms with Crippen LogP contribution in [0.25, 0.3) is 0 Å². The Hall–Kier alpha value is -0.940. The van der Waals surface area contributed by atoms with Crippen molar-refractivity contribution in [3.8, 4) is 0 Å². The van der Waals surface area contributed by atoms with Gasteiger partial charge in [-0.15, -0.1) is 0 Å². The minimum Gasteiger partial charge on any atom is -0.389 e. The van der Waals surface area contributed by atoms with Crippen LogP contribution >= 0.6 is 0 Å². The fourth-order valence-electron chi connectivity index (χ4n) is 2.33. The number of aliphatic hydroxyl groups is 2. The maximum atomic E-state index is 9.42. The first-order valence-electron chi connectivity index (χ1n) is 6.96. The van der Waals surface area contributed by atoms with Gasteiger partial charge in [0, 0.05) is 19.7 Å². The predicted molar refractivity (Wildman–Crippen MR) is 73.8 cm³/mol. The van der Waals surface area contributed by atoms with E-state index in [1.807, 2.05) is 18.2 Å². The van der Waals surface area contributed by atoms with Crippen molar-refractivity contribution in [3.05, 3.63) is 35.9 Å². The zero-order valence-corrected chi connectivity index (χ0v) is 11.2. The smallest absolute Gasteiger partial charge is 0.0938 e. The largest absolute Gasteiger partial charge is 0.389 e. The zero-order chi connectivity index (χ0) is 13.5. The highest BCUT2D eigenvalue weighted by Crippen LogP contribution is 2.10. The standard InChI is InChI=1S/C15H23NO3/c17-14-10-16(11-15(14)18)8-4-5-9-19-12-13-6-2-1-3-7-13/h1-3,6-7,14-15,17-18H,4-5,8-12H2. The second-order valence-electron chi connectivity index (χ2n) is 5.14. The third-order valence-corrected chi connectivity index (χ3v) is 3.46. The van der Waals surface area contributed by atoms with E-state index in [0.717, 1.165) is 26.0 Å². The van der Waals surface area contributed by atoms with Crippen molar-refractivity contribution in [1.82, 2.24) is 4.90 Å². The topological polar surface area (TPSA) is 52.9 Å². The molecule has 2 rings (SSSR count). The van der Waals surface area contributed by atoms with E-state index in [0.29, 0.717) is 19.7 Å². The highest BCUT2D eigenvalue weighted by Gasteiger charge is 2.28. The van der Waals surface area contributed by atoms with Gasteiger partial charge in [-0.05, 0) is 24.9 Å². The van der Waals surface area contributed by atoms with E-state index in [1.165, 1.54) is 5.56 Å². The SMILES string of the molecule is OC1CN(CCCCOCc2ccccc2)CC1O. The average molecular weight is 265 g/mol. The number of aliphatic hydroxyl groups excluding tert-OH is 2. The molecule has 0 aromatic heterocycles. The van der Waals surface area contributed by atoms with Gasteiger partial charge in [0.05, 0.1) is 18.8 Å². The molecular formula is C15H23NO3. The van der Waals surface area contributed by atoms with Gasteiger partial charge in [-0.2, -0.15) is 0 Å². The summed E-state index contributed by atoms with van der Waals surface area (Å²) in [6.45, 7) is 3.52. The third kappa shape index (κ3) is 4.91. The Kier molecular flexibility index (Phi) is 5.79. The molecule has 1 aliphatic heterocycles. The summed E-state index contributed by atoms with van der Waals surface area (Å²) in [6.07, 6.45) is 0.896. The molecule has 0 bridgehead atoms. The number of β-amino-alcohol motifs (C(OH)–C–C–N with tert-alkyl or cyclic N) is 2. The number of ether oxygens (including phenoxy) is 1. The molecule has 4 nitrogen and oxygen atoms in total. The molecule has 106 valence electrons. The van der Waals surface area contributed by atoms with E-state index in [2.05, 4.69) is 17.0 Å². The van der Waals surface area contributed by atoms with Gasteiger partial charge in [-0.3, -0.25) is 4.90 Å². The molecular weight excluding hydrogens is 242 g/mol. The number of rotatable bonds is 7. The summed E-state index contributed by atoms with van der Waals surface area (Å²) in [5.41, 5.74) is 1.20. The lowest BCUT2D eigenvalue weighted by atomic mass is 10.2. The molecule has 2 unspecified atom stereocenters. The fourth-order valence-corrected chi connectivity index (χ4v) is 2.33. The van der Waals surface area contributed by atoms with Gasteiger partial charge in [0.2, 0.25) is 0 Å². The van der Waals surface area contributed by atoms with Crippen LogP contribution in [0, 0.1) is 0 Å². The van der Waals surface area contributed by atoms with Gasteiger partial charge in [-0.25, -0.2) is 0 Å². The van der Waals surface area contributed by atoms with Crippen molar-refractivity contribution in [1.29, 1.82) is 0 Å². The molecule has 0 spiro atoms. The Balaban J connectivity index is 1.49. The van der Waals surface area contributed by atoms with Crippen LogP contribution < -0.4 is 0 Å². The van der Waals surface area contributed by atoms with Gasteiger partial charge >= 0.3 is 0 Å². The first-order valence-corrected chi connectivity index (χ1v) is 6.96. The minimum absolute atomic E-state index is 0.575. The second kappa shape index (κ2) is 7.60. The average Bonchev–Trinajstić information content (AvgIpc) is 2.74. The minimum atomic E-state index is -0.575. The molecule has 0 radical (unpaired) electrons. The predicted octanol–water partition coefficient (Wildman–Crippen LogP) is 1.02. The Morgan fingerprint density at radius 2 is 1.74 bits per heavy atom. The lowest BCUT2D eigenvalue weighted by Gasteiger charge is -2.14. The van der Waals surface area contributed by atoms with Crippen LogP contribution in [-0.4, -0.2) is 53.6 Å². The van der Waals surface area contributed by atoms with Crippen molar-refractivity contribution in [3.63, 3.8) is 0 Å². The molecule has 1 heterocycles. The zero-order valence-electron chi connectivity index (χ0n) is 11.2. The number of hydrogen-bond acceptors (Lipinski definition) is 4. The molecule has 1 aliphatic rings. The highest BCUT2D eigenvalue weighted by atomic mass is 16.5. The van der Waals surface area contributed by atoms with Gasteiger partial charge in [0.15, 0.2) is 0 Å². The Morgan fingerprint density at radius 1 is 1.05 bits per heavy atom. The summed E-state index contributed by atoms with van der Waals surface area (Å²) in [5.74, 6) is 0. The molecule has 2 N–H and O–H groups in total. The first-order chi connectivity index (χ1) is 9.25. The molecule has 1 fully saturated rings. The van der Waals surface area contributed by atoms with Crippen molar-refractivity contribution in [2.75, 3.05) is 26.2 Å². The van der Waals surface area contributed by atoms with E-state index in [9.17, 15) is 10.2 Å². The molecule has 4 heteroatoms. The molecule has 1 aromatic rings. The van der Waals surface area contributed by atoms with Crippen molar-refractivity contribution in [2.24, 2.45) is 0 Å². The second-order valence-corrected chi connectivity index (χ2v) is 5.14. The summed E-state index contributed by atoms with van der Waals surface area (Å²) >= 11 is 0. The highest BCUT2D eigenvalue weighted by molar-refractivity contribution is 5.13. The molecule has 0 aliphatic carbocycles. The normalized spacial score (nSPS) is 23.9. The summed E-state index contributed by atoms with van der Waals surface area (Å²) in [4.78, 5) is 2.10. The summed E-state index contributed by atoms with van der Waals surface area (Å²) in [5, 5.41) is 18.8. The van der Waals surface area contributed by atoms with E-state index in [-0.39, 0.29) is 0 Å². The maximum absolute atomic E-state index is 9.42. The summed E-state index contributed by atoms with van der Waals surface area (Å²) in [7, 11) is 0. The Bertz CT molecular complexity index is 348. The van der Waals surface area contributed by atoms with Crippen LogP contribution in [0.3, 0.4) is 0 Å². The monoisotopic (exact) mass is 265 g/mol. The van der Waals surface area contributed by atoms with E-state index in [1.54, 1.807) is 0 Å². The Labute approximate surface area is 114 Å². The van der Waals surface area contributed by atoms with E-state index >= 15 is 0 Å². The lowest BCUT2D eigenvalue weighted by molar-refractivity contribution is 0.0572. The lowest BCUT2D eigenvalue weighted by Crippen LogP contribution is -2.23. The third-order valence-electron chi connectivity index (χ3n) is 3.46. The van der Waals surface area contributed by atoms with Gasteiger partial charge in [-0.1, -0.05) is 30.3 Å². The molecule has 0 amide bonds.